The number of nitrogens with zero attached hydrogens (tertiary/aromatic N) is 3. The Balaban J connectivity index is 1.46. The first-order chi connectivity index (χ1) is 17.0. The second kappa shape index (κ2) is 8.76. The number of benzene rings is 1. The third kappa shape index (κ3) is 4.47. The number of carbonyl (C=O) groups excluding carboxylic acids is 2. The van der Waals surface area contributed by atoms with Crippen LogP contribution in [-0.4, -0.2) is 56.8 Å². The quantitative estimate of drug-likeness (QED) is 0.682. The van der Waals surface area contributed by atoms with Crippen LogP contribution in [0.4, 0.5) is 9.18 Å². The number of halogens is 1. The van der Waals surface area contributed by atoms with Gasteiger partial charge in [0, 0.05) is 19.1 Å². The van der Waals surface area contributed by atoms with Crippen LogP contribution < -0.4 is 16.6 Å². The lowest BCUT2D eigenvalue weighted by Gasteiger charge is -2.44. The van der Waals surface area contributed by atoms with E-state index in [1.165, 1.54) is 10.6 Å². The van der Waals surface area contributed by atoms with Crippen molar-refractivity contribution < 1.29 is 18.7 Å². The van der Waals surface area contributed by atoms with Gasteiger partial charge < -0.3 is 15.0 Å². The summed E-state index contributed by atoms with van der Waals surface area (Å²) in [6, 6.07) is 8.60. The van der Waals surface area contributed by atoms with E-state index in [-0.39, 0.29) is 48.7 Å². The zero-order chi connectivity index (χ0) is 25.8. The van der Waals surface area contributed by atoms with Gasteiger partial charge in [-0.15, -0.1) is 0 Å². The Hall–Kier alpha value is -3.69. The van der Waals surface area contributed by atoms with Gasteiger partial charge in [-0.3, -0.25) is 18.7 Å². The largest absolute Gasteiger partial charge is 0.444 e. The Morgan fingerprint density at radius 1 is 1.11 bits per heavy atom. The van der Waals surface area contributed by atoms with Crippen molar-refractivity contribution in [1.82, 2.24) is 19.4 Å². The fraction of sp³-hybridized carbons (Fsp3) is 0.462. The molecule has 1 amide bonds. The monoisotopic (exact) mass is 496 g/mol. The number of hydrogen-bond acceptors (Lipinski definition) is 6. The molecule has 190 valence electrons. The predicted molar refractivity (Wildman–Crippen MR) is 131 cm³/mol. The molecule has 2 fully saturated rings. The molecule has 0 spiro atoms. The predicted octanol–water partition coefficient (Wildman–Crippen LogP) is 2.48. The Bertz CT molecular complexity index is 1360. The summed E-state index contributed by atoms with van der Waals surface area (Å²) in [5.74, 6) is -0.938. The van der Waals surface area contributed by atoms with E-state index in [0.717, 1.165) is 23.0 Å². The minimum absolute atomic E-state index is 0.00342. The number of carbonyl (C=O) groups is 2. The summed E-state index contributed by atoms with van der Waals surface area (Å²) in [5, 5.41) is 2.73. The summed E-state index contributed by atoms with van der Waals surface area (Å²) < 4.78 is 23.1. The zero-order valence-electron chi connectivity index (χ0n) is 20.5. The maximum Gasteiger partial charge on any atom is 0.407 e. The maximum absolute atomic E-state index is 15.4. The van der Waals surface area contributed by atoms with E-state index in [0.29, 0.717) is 0 Å². The number of ether oxygens (including phenoxy) is 1. The van der Waals surface area contributed by atoms with Crippen molar-refractivity contribution in [1.29, 1.82) is 0 Å². The molecule has 2 aromatic rings. The van der Waals surface area contributed by atoms with Crippen LogP contribution in [0.1, 0.15) is 61.3 Å². The number of rotatable bonds is 5. The lowest BCUT2D eigenvalue weighted by molar-refractivity contribution is 0.0418. The first-order valence-electron chi connectivity index (χ1n) is 12.1. The van der Waals surface area contributed by atoms with Crippen molar-refractivity contribution in [2.45, 2.75) is 64.0 Å². The highest BCUT2D eigenvalue weighted by Gasteiger charge is 2.43. The van der Waals surface area contributed by atoms with E-state index < -0.39 is 34.9 Å². The Morgan fingerprint density at radius 2 is 1.78 bits per heavy atom. The number of fused-ring (bicyclic) bond motifs is 1. The Morgan fingerprint density at radius 3 is 2.39 bits per heavy atom. The second-order valence-electron chi connectivity index (χ2n) is 10.6. The molecule has 5 rings (SSSR count). The number of hydrogen-bond donors (Lipinski definition) is 1. The number of amides is 1. The summed E-state index contributed by atoms with van der Waals surface area (Å²) in [7, 11) is 0. The summed E-state index contributed by atoms with van der Waals surface area (Å²) in [4.78, 5) is 53.5. The lowest BCUT2D eigenvalue weighted by atomic mass is 9.94. The van der Waals surface area contributed by atoms with E-state index in [4.69, 9.17) is 4.74 Å². The molecule has 1 saturated heterocycles. The molecule has 1 N–H and O–H groups in total. The van der Waals surface area contributed by atoms with Crippen LogP contribution in [0.15, 0.2) is 45.6 Å². The van der Waals surface area contributed by atoms with E-state index >= 15 is 4.39 Å². The average Bonchev–Trinajstić information content (AvgIpc) is 3.61. The van der Waals surface area contributed by atoms with Crippen LogP contribution in [0.2, 0.25) is 0 Å². The van der Waals surface area contributed by atoms with Gasteiger partial charge in [-0.25, -0.2) is 14.0 Å². The Labute approximate surface area is 207 Å². The SMILES string of the molecule is CC(C)(C)OC(=O)NC1CN(C2=Cc3c(c(=O)n(Cc4ccccc4)c(=O)n3C3CC3)C(=O)C2F)C1. The molecular weight excluding hydrogens is 467 g/mol. The number of alkyl carbamates (subject to hydrolysis) is 1. The van der Waals surface area contributed by atoms with Crippen LogP contribution in [0.25, 0.3) is 6.08 Å². The highest BCUT2D eigenvalue weighted by atomic mass is 19.1. The molecular formula is C26H29FN4O5. The van der Waals surface area contributed by atoms with Gasteiger partial charge in [-0.2, -0.15) is 0 Å². The average molecular weight is 497 g/mol. The minimum atomic E-state index is -2.02. The first kappa shape index (κ1) is 24.0. The molecule has 9 nitrogen and oxygen atoms in total. The smallest absolute Gasteiger partial charge is 0.407 e. The van der Waals surface area contributed by atoms with Crippen LogP contribution in [0.5, 0.6) is 0 Å². The molecule has 1 aliphatic heterocycles. The normalized spacial score (nSPS) is 19.9. The number of aromatic nitrogens is 2. The lowest BCUT2D eigenvalue weighted by Crippen LogP contribution is -2.60. The number of ketones is 1. The topological polar surface area (TPSA) is 103 Å². The molecule has 1 unspecified atom stereocenters. The van der Waals surface area contributed by atoms with Crippen molar-refractivity contribution in [2.24, 2.45) is 0 Å². The molecule has 0 radical (unpaired) electrons. The minimum Gasteiger partial charge on any atom is -0.444 e. The standard InChI is InChI=1S/C26H29FN4O5/c1-26(2,3)36-24(34)28-16-13-29(14-16)19-11-18-20(22(32)21(19)27)23(33)30(12-15-7-5-4-6-8-15)25(35)31(18)17-9-10-17/h4-8,11,16-17,21H,9-10,12-14H2,1-3H3,(H,28,34). The molecule has 1 atom stereocenters. The van der Waals surface area contributed by atoms with Gasteiger partial charge in [-0.1, -0.05) is 30.3 Å². The van der Waals surface area contributed by atoms with Gasteiger partial charge in [-0.05, 0) is 45.3 Å². The van der Waals surface area contributed by atoms with Gasteiger partial charge in [0.05, 0.1) is 24.0 Å². The number of nitrogens with one attached hydrogen (secondary N) is 1. The van der Waals surface area contributed by atoms with Crippen LogP contribution in [0.3, 0.4) is 0 Å². The van der Waals surface area contributed by atoms with Crippen molar-refractivity contribution in [2.75, 3.05) is 13.1 Å². The zero-order valence-corrected chi connectivity index (χ0v) is 20.5. The molecule has 2 heterocycles. The second-order valence-corrected chi connectivity index (χ2v) is 10.6. The van der Waals surface area contributed by atoms with Crippen molar-refractivity contribution in [3.63, 3.8) is 0 Å². The number of allylic oxidation sites excluding steroid dienone is 1. The first-order valence-corrected chi connectivity index (χ1v) is 12.1. The van der Waals surface area contributed by atoms with Crippen molar-refractivity contribution in [3.05, 3.63) is 73.7 Å². The van der Waals surface area contributed by atoms with E-state index in [9.17, 15) is 19.2 Å². The van der Waals surface area contributed by atoms with Crippen LogP contribution >= 0.6 is 0 Å². The highest BCUT2D eigenvalue weighted by molar-refractivity contribution is 6.06. The van der Waals surface area contributed by atoms with Gasteiger partial charge >= 0.3 is 11.8 Å². The third-order valence-corrected chi connectivity index (χ3v) is 6.50. The summed E-state index contributed by atoms with van der Waals surface area (Å²) in [5.41, 5.74) is -1.18. The van der Waals surface area contributed by atoms with Crippen molar-refractivity contribution in [3.8, 4) is 0 Å². The van der Waals surface area contributed by atoms with Gasteiger partial charge in [0.1, 0.15) is 11.2 Å². The van der Waals surface area contributed by atoms with Gasteiger partial charge in [0.15, 0.2) is 0 Å². The molecule has 0 bridgehead atoms. The van der Waals surface area contributed by atoms with E-state index in [1.807, 2.05) is 6.07 Å². The number of likely N-dealkylation sites (tertiary alicyclic amines) is 1. The molecule has 1 aromatic carbocycles. The van der Waals surface area contributed by atoms with Crippen LogP contribution in [0, 0.1) is 0 Å². The number of Topliss-reactive ketones (excluding diaryl/α,β-unsaturated/α-hetero) is 1. The molecule has 1 saturated carbocycles. The summed E-state index contributed by atoms with van der Waals surface area (Å²) in [6.45, 7) is 5.85. The summed E-state index contributed by atoms with van der Waals surface area (Å²) in [6.07, 6.45) is 0.363. The fourth-order valence-corrected chi connectivity index (χ4v) is 4.63. The van der Waals surface area contributed by atoms with E-state index in [2.05, 4.69) is 5.32 Å². The fourth-order valence-electron chi connectivity index (χ4n) is 4.63. The molecule has 1 aromatic heterocycles. The summed E-state index contributed by atoms with van der Waals surface area (Å²) >= 11 is 0. The maximum atomic E-state index is 15.4. The molecule has 2 aliphatic carbocycles. The van der Waals surface area contributed by atoms with Crippen molar-refractivity contribution >= 4 is 18.0 Å². The highest BCUT2D eigenvalue weighted by Crippen LogP contribution is 2.37. The molecule has 3 aliphatic rings. The Kier molecular flexibility index (Phi) is 5.84. The third-order valence-electron chi connectivity index (χ3n) is 6.50. The number of alkyl halides is 1. The molecule has 36 heavy (non-hydrogen) atoms. The molecule has 10 heteroatoms. The van der Waals surface area contributed by atoms with Gasteiger partial charge in [0.25, 0.3) is 5.56 Å². The van der Waals surface area contributed by atoms with E-state index in [1.54, 1.807) is 49.9 Å². The van der Waals surface area contributed by atoms with Gasteiger partial charge in [0.2, 0.25) is 12.0 Å². The van der Waals surface area contributed by atoms with Crippen LogP contribution in [-0.2, 0) is 11.3 Å².